The third kappa shape index (κ3) is 3.16. The average molecular weight is 241 g/mol. The normalized spacial score (nSPS) is 21.4. The van der Waals surface area contributed by atoms with Gasteiger partial charge in [-0.2, -0.15) is 4.99 Å². The summed E-state index contributed by atoms with van der Waals surface area (Å²) in [6, 6.07) is -0.954. The van der Waals surface area contributed by atoms with Crippen molar-refractivity contribution in [3.63, 3.8) is 0 Å². The van der Waals surface area contributed by atoms with E-state index >= 15 is 0 Å². The van der Waals surface area contributed by atoms with Crippen molar-refractivity contribution in [3.05, 3.63) is 0 Å². The van der Waals surface area contributed by atoms with E-state index in [1.807, 2.05) is 20.9 Å². The molecule has 7 heteroatoms. The Labute approximate surface area is 100 Å². The van der Waals surface area contributed by atoms with Crippen molar-refractivity contribution in [2.75, 3.05) is 26.7 Å². The second-order valence-electron chi connectivity index (χ2n) is 4.80. The molecule has 0 aromatic heterocycles. The van der Waals surface area contributed by atoms with Gasteiger partial charge >= 0.3 is 6.03 Å². The van der Waals surface area contributed by atoms with E-state index in [0.717, 1.165) is 6.54 Å². The van der Waals surface area contributed by atoms with Crippen molar-refractivity contribution >= 4 is 17.8 Å². The van der Waals surface area contributed by atoms with Crippen LogP contribution in [0.1, 0.15) is 13.8 Å². The number of carbonyl (C=O) groups is 2. The Morgan fingerprint density at radius 1 is 1.24 bits per heavy atom. The van der Waals surface area contributed by atoms with Gasteiger partial charge in [-0.05, 0) is 20.9 Å². The highest BCUT2D eigenvalue weighted by molar-refractivity contribution is 6.38. The minimum absolute atomic E-state index is 0.124. The second kappa shape index (κ2) is 4.70. The van der Waals surface area contributed by atoms with Crippen LogP contribution in [0.2, 0.25) is 0 Å². The highest BCUT2D eigenvalue weighted by Gasteiger charge is 2.34. The number of hydrogen-bond acceptors (Lipinski definition) is 3. The Balaban J connectivity index is 2.76. The Morgan fingerprint density at radius 3 is 2.29 bits per heavy atom. The lowest BCUT2D eigenvalue weighted by Gasteiger charge is -2.45. The monoisotopic (exact) mass is 241 g/mol. The number of primary amides is 1. The largest absolute Gasteiger partial charge is 0.379 e. The van der Waals surface area contributed by atoms with E-state index in [9.17, 15) is 9.59 Å². The molecule has 3 amide bonds. The lowest BCUT2D eigenvalue weighted by Crippen LogP contribution is -2.60. The topological polar surface area (TPSA) is 105 Å². The van der Waals surface area contributed by atoms with Gasteiger partial charge in [-0.25, -0.2) is 4.79 Å². The van der Waals surface area contributed by atoms with E-state index < -0.39 is 11.9 Å². The molecule has 1 rings (SSSR count). The van der Waals surface area contributed by atoms with Gasteiger partial charge in [0.1, 0.15) is 0 Å². The number of urea groups is 1. The van der Waals surface area contributed by atoms with Gasteiger partial charge in [0.05, 0.1) is 0 Å². The maximum Gasteiger partial charge on any atom is 0.340 e. The Bertz CT molecular complexity index is 364. The number of amides is 3. The molecule has 1 saturated heterocycles. The minimum atomic E-state index is -0.954. The van der Waals surface area contributed by atoms with E-state index in [2.05, 4.69) is 9.89 Å². The van der Waals surface area contributed by atoms with E-state index in [-0.39, 0.29) is 11.4 Å². The fraction of sp³-hybridized carbons (Fsp3) is 0.700. The molecule has 1 aliphatic heterocycles. The molecule has 96 valence electrons. The van der Waals surface area contributed by atoms with Gasteiger partial charge in [0.15, 0.2) is 5.84 Å². The fourth-order valence-corrected chi connectivity index (χ4v) is 1.74. The molecule has 0 spiro atoms. The Hall–Kier alpha value is -1.63. The first kappa shape index (κ1) is 13.4. The van der Waals surface area contributed by atoms with Crippen molar-refractivity contribution in [2.24, 2.45) is 16.5 Å². The van der Waals surface area contributed by atoms with Crippen LogP contribution < -0.4 is 11.5 Å². The zero-order valence-electron chi connectivity index (χ0n) is 10.4. The molecule has 1 heterocycles. The summed E-state index contributed by atoms with van der Waals surface area (Å²) in [7, 11) is 2.00. The zero-order valence-corrected chi connectivity index (χ0v) is 10.4. The van der Waals surface area contributed by atoms with Gasteiger partial charge in [0, 0.05) is 25.2 Å². The molecule has 1 aliphatic rings. The number of piperazine rings is 1. The average Bonchev–Trinajstić information content (AvgIpc) is 2.20. The second-order valence-corrected chi connectivity index (χ2v) is 4.80. The minimum Gasteiger partial charge on any atom is -0.379 e. The summed E-state index contributed by atoms with van der Waals surface area (Å²) < 4.78 is 0. The first-order valence-electron chi connectivity index (χ1n) is 5.38. The number of nitrogens with two attached hydrogens (primary N) is 2. The highest BCUT2D eigenvalue weighted by atomic mass is 16.2. The molecule has 0 aliphatic carbocycles. The predicted octanol–water partition coefficient (Wildman–Crippen LogP) is -1.03. The SMILES string of the molecule is CN1CCN(C(=O)/C(N)=N/C(N)=O)CC1(C)C. The number of rotatable bonds is 0. The molecule has 0 unspecified atom stereocenters. The predicted molar refractivity (Wildman–Crippen MR) is 64.5 cm³/mol. The van der Waals surface area contributed by atoms with Crippen LogP contribution in [-0.4, -0.2) is 59.8 Å². The van der Waals surface area contributed by atoms with Crippen molar-refractivity contribution in [3.8, 4) is 0 Å². The first-order chi connectivity index (χ1) is 7.74. The smallest absolute Gasteiger partial charge is 0.340 e. The van der Waals surface area contributed by atoms with E-state index in [0.29, 0.717) is 13.1 Å². The first-order valence-corrected chi connectivity index (χ1v) is 5.38. The zero-order chi connectivity index (χ0) is 13.2. The summed E-state index contributed by atoms with van der Waals surface area (Å²) >= 11 is 0. The summed E-state index contributed by atoms with van der Waals surface area (Å²) in [5.74, 6) is -0.789. The molecule has 1 fully saturated rings. The van der Waals surface area contributed by atoms with Crippen LogP contribution in [0.25, 0.3) is 0 Å². The van der Waals surface area contributed by atoms with Crippen molar-refractivity contribution in [1.29, 1.82) is 0 Å². The molecule has 7 nitrogen and oxygen atoms in total. The fourth-order valence-electron chi connectivity index (χ4n) is 1.74. The molecule has 0 bridgehead atoms. The van der Waals surface area contributed by atoms with Crippen molar-refractivity contribution in [2.45, 2.75) is 19.4 Å². The molecule has 0 aromatic rings. The van der Waals surface area contributed by atoms with Crippen molar-refractivity contribution < 1.29 is 9.59 Å². The van der Waals surface area contributed by atoms with Gasteiger partial charge in [-0.3, -0.25) is 9.69 Å². The molecule has 0 atom stereocenters. The van der Waals surface area contributed by atoms with Crippen LogP contribution in [0.15, 0.2) is 4.99 Å². The summed E-state index contributed by atoms with van der Waals surface area (Å²) in [5, 5.41) is 0. The van der Waals surface area contributed by atoms with Crippen molar-refractivity contribution in [1.82, 2.24) is 9.80 Å². The maximum atomic E-state index is 11.9. The molecule has 0 radical (unpaired) electrons. The highest BCUT2D eigenvalue weighted by Crippen LogP contribution is 2.18. The van der Waals surface area contributed by atoms with Crippen LogP contribution >= 0.6 is 0 Å². The van der Waals surface area contributed by atoms with Gasteiger partial charge in [0.25, 0.3) is 5.91 Å². The summed E-state index contributed by atoms with van der Waals surface area (Å²) in [6.45, 7) is 5.93. The number of likely N-dealkylation sites (N-methyl/N-ethyl adjacent to an activating group) is 1. The summed E-state index contributed by atoms with van der Waals surface area (Å²) in [5.41, 5.74) is 10.1. The van der Waals surface area contributed by atoms with Gasteiger partial charge in [0.2, 0.25) is 0 Å². The quantitative estimate of drug-likeness (QED) is 0.418. The van der Waals surface area contributed by atoms with E-state index in [1.54, 1.807) is 4.90 Å². The van der Waals surface area contributed by atoms with Gasteiger partial charge in [-0.15, -0.1) is 0 Å². The molecule has 17 heavy (non-hydrogen) atoms. The number of amidine groups is 1. The van der Waals surface area contributed by atoms with E-state index in [4.69, 9.17) is 11.5 Å². The number of hydrogen-bond donors (Lipinski definition) is 2. The third-order valence-corrected chi connectivity index (χ3v) is 3.05. The number of nitrogens with zero attached hydrogens (tertiary/aromatic N) is 3. The molecular formula is C10H19N5O2. The van der Waals surface area contributed by atoms with Crippen LogP contribution in [0.5, 0.6) is 0 Å². The maximum absolute atomic E-state index is 11.9. The summed E-state index contributed by atoms with van der Waals surface area (Å²) in [4.78, 5) is 29.4. The van der Waals surface area contributed by atoms with Crippen LogP contribution in [0.4, 0.5) is 4.79 Å². The van der Waals surface area contributed by atoms with Crippen LogP contribution in [-0.2, 0) is 4.79 Å². The molecule has 4 N–H and O–H groups in total. The van der Waals surface area contributed by atoms with Gasteiger partial charge < -0.3 is 16.4 Å². The molecular weight excluding hydrogens is 222 g/mol. The molecule has 0 aromatic carbocycles. The van der Waals surface area contributed by atoms with Crippen LogP contribution in [0, 0.1) is 0 Å². The summed E-state index contributed by atoms with van der Waals surface area (Å²) in [6.07, 6.45) is 0. The lowest BCUT2D eigenvalue weighted by molar-refractivity contribution is -0.128. The lowest BCUT2D eigenvalue weighted by atomic mass is 10.00. The molecule has 0 saturated carbocycles. The third-order valence-electron chi connectivity index (χ3n) is 3.05. The van der Waals surface area contributed by atoms with Crippen LogP contribution in [0.3, 0.4) is 0 Å². The standard InChI is InChI=1S/C10H19N5O2/c1-10(2)6-15(5-4-14(10)3)8(16)7(11)13-9(12)17/h4-6H2,1-3H3,(H4,11,12,13,17). The van der Waals surface area contributed by atoms with Gasteiger partial charge in [-0.1, -0.05) is 0 Å². The Kier molecular flexibility index (Phi) is 3.72. The number of aliphatic imine (C=N–C) groups is 1. The van der Waals surface area contributed by atoms with E-state index in [1.165, 1.54) is 0 Å². The number of carbonyl (C=O) groups excluding carboxylic acids is 2. The Morgan fingerprint density at radius 2 is 1.82 bits per heavy atom.